The Bertz CT molecular complexity index is 698. The number of halogens is 1. The first-order valence-corrected chi connectivity index (χ1v) is 7.34. The van der Waals surface area contributed by atoms with Crippen molar-refractivity contribution in [1.29, 1.82) is 0 Å². The number of aromatic nitrogens is 3. The van der Waals surface area contributed by atoms with E-state index >= 15 is 0 Å². The van der Waals surface area contributed by atoms with Crippen LogP contribution in [-0.4, -0.2) is 23.2 Å². The summed E-state index contributed by atoms with van der Waals surface area (Å²) in [5.74, 6) is 5.65. The number of hydrazine groups is 1. The van der Waals surface area contributed by atoms with Crippen molar-refractivity contribution in [3.8, 4) is 0 Å². The second-order valence-electron chi connectivity index (χ2n) is 3.59. The van der Waals surface area contributed by atoms with Crippen LogP contribution in [0.1, 0.15) is 0 Å². The van der Waals surface area contributed by atoms with Gasteiger partial charge in [-0.1, -0.05) is 0 Å². The van der Waals surface area contributed by atoms with Crippen LogP contribution in [0.2, 0.25) is 0 Å². The van der Waals surface area contributed by atoms with E-state index in [2.05, 4.69) is 36.2 Å². The van der Waals surface area contributed by atoms with Gasteiger partial charge in [-0.15, -0.1) is 0 Å². The lowest BCUT2D eigenvalue weighted by atomic mass is 10.5. The highest BCUT2D eigenvalue weighted by Crippen LogP contribution is 2.24. The van der Waals surface area contributed by atoms with E-state index in [4.69, 9.17) is 5.84 Å². The van der Waals surface area contributed by atoms with Gasteiger partial charge in [-0.25, -0.2) is 19.2 Å². The van der Waals surface area contributed by atoms with Gasteiger partial charge in [0.1, 0.15) is 10.7 Å². The average Bonchev–Trinajstić information content (AvgIpc) is 2.74. The first-order chi connectivity index (χ1) is 8.94. The van der Waals surface area contributed by atoms with E-state index in [1.165, 1.54) is 23.1 Å². The number of anilines is 2. The Kier molecular flexibility index (Phi) is 3.73. The predicted octanol–water partition coefficient (Wildman–Crippen LogP) is 0.664. The van der Waals surface area contributed by atoms with Gasteiger partial charge in [0, 0.05) is 23.8 Å². The summed E-state index contributed by atoms with van der Waals surface area (Å²) in [6.07, 6.45) is 2.93. The fourth-order valence-corrected chi connectivity index (χ4v) is 3.12. The summed E-state index contributed by atoms with van der Waals surface area (Å²) in [6, 6.07) is 2.94. The summed E-state index contributed by atoms with van der Waals surface area (Å²) in [6.45, 7) is 0. The van der Waals surface area contributed by atoms with Crippen LogP contribution in [0.4, 0.5) is 11.6 Å². The fraction of sp³-hybridized carbons (Fsp3) is 0.111. The summed E-state index contributed by atoms with van der Waals surface area (Å²) in [4.78, 5) is 3.83. The molecule has 10 heteroatoms. The van der Waals surface area contributed by atoms with Gasteiger partial charge in [-0.2, -0.15) is 5.10 Å². The predicted molar refractivity (Wildman–Crippen MR) is 73.8 cm³/mol. The molecule has 0 aliphatic carbocycles. The number of hydrogen-bond acceptors (Lipinski definition) is 6. The van der Waals surface area contributed by atoms with Crippen LogP contribution >= 0.6 is 15.9 Å². The number of rotatable bonds is 4. The molecule has 102 valence electrons. The molecule has 0 spiro atoms. The Morgan fingerprint density at radius 2 is 2.21 bits per heavy atom. The molecule has 0 aromatic carbocycles. The fourth-order valence-electron chi connectivity index (χ4n) is 1.40. The van der Waals surface area contributed by atoms with E-state index in [-0.39, 0.29) is 10.7 Å². The molecular formula is C9H11BrN6O2S. The maximum atomic E-state index is 12.3. The molecule has 2 heterocycles. The number of aryl methyl sites for hydroxylation is 1. The molecule has 0 amide bonds. The van der Waals surface area contributed by atoms with Crippen LogP contribution < -0.4 is 16.0 Å². The number of hydrogen-bond donors (Lipinski definition) is 3. The van der Waals surface area contributed by atoms with E-state index < -0.39 is 10.0 Å². The minimum absolute atomic E-state index is 0.0536. The minimum atomic E-state index is -3.82. The van der Waals surface area contributed by atoms with Crippen molar-refractivity contribution in [1.82, 2.24) is 14.8 Å². The average molecular weight is 347 g/mol. The zero-order chi connectivity index (χ0) is 14.0. The van der Waals surface area contributed by atoms with E-state index in [0.717, 1.165) is 0 Å². The Hall–Kier alpha value is -1.65. The van der Waals surface area contributed by atoms with Crippen LogP contribution in [0.25, 0.3) is 0 Å². The third-order valence-corrected chi connectivity index (χ3v) is 4.11. The standard InChI is InChI=1S/C9H11BrN6O2S/c1-16-8(2-3-13-16)15-19(17,18)7-4-6(10)5-12-9(7)14-11/h2-5,15H,11H2,1H3,(H,12,14). The van der Waals surface area contributed by atoms with Crippen LogP contribution in [0.5, 0.6) is 0 Å². The van der Waals surface area contributed by atoms with E-state index in [9.17, 15) is 8.42 Å². The first-order valence-electron chi connectivity index (χ1n) is 5.07. The topological polar surface area (TPSA) is 115 Å². The smallest absolute Gasteiger partial charge is 0.266 e. The Labute approximate surface area is 118 Å². The van der Waals surface area contributed by atoms with Crippen LogP contribution in [-0.2, 0) is 17.1 Å². The molecule has 0 radical (unpaired) electrons. The van der Waals surface area contributed by atoms with Gasteiger partial charge in [-0.3, -0.25) is 9.40 Å². The third kappa shape index (κ3) is 2.85. The molecule has 19 heavy (non-hydrogen) atoms. The summed E-state index contributed by atoms with van der Waals surface area (Å²) >= 11 is 3.17. The Morgan fingerprint density at radius 3 is 2.79 bits per heavy atom. The van der Waals surface area contributed by atoms with E-state index in [1.807, 2.05) is 0 Å². The molecule has 0 fully saturated rings. The molecule has 0 saturated carbocycles. The lowest BCUT2D eigenvalue weighted by Crippen LogP contribution is -2.19. The lowest BCUT2D eigenvalue weighted by Gasteiger charge is -2.11. The van der Waals surface area contributed by atoms with Gasteiger partial charge in [-0.05, 0) is 22.0 Å². The number of nitrogens with two attached hydrogens (primary N) is 1. The lowest BCUT2D eigenvalue weighted by molar-refractivity contribution is 0.600. The van der Waals surface area contributed by atoms with Crippen molar-refractivity contribution < 1.29 is 8.42 Å². The molecule has 0 saturated heterocycles. The molecule has 0 aliphatic rings. The van der Waals surface area contributed by atoms with Gasteiger partial charge in [0.15, 0.2) is 5.82 Å². The van der Waals surface area contributed by atoms with Gasteiger partial charge in [0.05, 0.1) is 6.20 Å². The second kappa shape index (κ2) is 5.15. The van der Waals surface area contributed by atoms with Crippen molar-refractivity contribution in [3.63, 3.8) is 0 Å². The molecular weight excluding hydrogens is 336 g/mol. The number of sulfonamides is 1. The summed E-state index contributed by atoms with van der Waals surface area (Å²) < 4.78 is 28.9. The van der Waals surface area contributed by atoms with E-state index in [1.54, 1.807) is 13.1 Å². The van der Waals surface area contributed by atoms with Crippen molar-refractivity contribution in [2.45, 2.75) is 4.90 Å². The van der Waals surface area contributed by atoms with Gasteiger partial charge >= 0.3 is 0 Å². The maximum absolute atomic E-state index is 12.3. The monoisotopic (exact) mass is 346 g/mol. The number of nitrogens with one attached hydrogen (secondary N) is 2. The van der Waals surface area contributed by atoms with Crippen LogP contribution in [0, 0.1) is 0 Å². The quantitative estimate of drug-likeness (QED) is 0.553. The number of nitrogen functional groups attached to an aromatic ring is 1. The summed E-state index contributed by atoms with van der Waals surface area (Å²) in [5.41, 5.74) is 2.25. The number of nitrogens with zero attached hydrogens (tertiary/aromatic N) is 3. The summed E-state index contributed by atoms with van der Waals surface area (Å²) in [7, 11) is -2.19. The van der Waals surface area contributed by atoms with Gasteiger partial charge in [0.25, 0.3) is 10.0 Å². The third-order valence-electron chi connectivity index (χ3n) is 2.31. The Balaban J connectivity index is 2.45. The second-order valence-corrected chi connectivity index (χ2v) is 6.16. The largest absolute Gasteiger partial charge is 0.307 e. The van der Waals surface area contributed by atoms with Crippen molar-refractivity contribution in [2.24, 2.45) is 12.9 Å². The molecule has 4 N–H and O–H groups in total. The molecule has 0 unspecified atom stereocenters. The van der Waals surface area contributed by atoms with Gasteiger partial charge in [0.2, 0.25) is 0 Å². The molecule has 8 nitrogen and oxygen atoms in total. The highest BCUT2D eigenvalue weighted by atomic mass is 79.9. The molecule has 2 aromatic rings. The highest BCUT2D eigenvalue weighted by molar-refractivity contribution is 9.10. The van der Waals surface area contributed by atoms with Crippen LogP contribution in [0.3, 0.4) is 0 Å². The molecule has 0 aliphatic heterocycles. The molecule has 0 atom stereocenters. The normalized spacial score (nSPS) is 11.3. The maximum Gasteiger partial charge on any atom is 0.266 e. The first kappa shape index (κ1) is 13.8. The molecule has 2 rings (SSSR count). The van der Waals surface area contributed by atoms with Gasteiger partial charge < -0.3 is 5.43 Å². The minimum Gasteiger partial charge on any atom is -0.307 e. The molecule has 2 aromatic heterocycles. The summed E-state index contributed by atoms with van der Waals surface area (Å²) in [5, 5.41) is 3.88. The van der Waals surface area contributed by atoms with Crippen molar-refractivity contribution in [3.05, 3.63) is 29.0 Å². The highest BCUT2D eigenvalue weighted by Gasteiger charge is 2.21. The van der Waals surface area contributed by atoms with Crippen molar-refractivity contribution in [2.75, 3.05) is 10.1 Å². The van der Waals surface area contributed by atoms with Crippen LogP contribution in [0.15, 0.2) is 33.9 Å². The van der Waals surface area contributed by atoms with Crippen molar-refractivity contribution >= 4 is 37.6 Å². The van der Waals surface area contributed by atoms with E-state index in [0.29, 0.717) is 10.3 Å². The number of pyridine rings is 1. The molecule has 0 bridgehead atoms. The zero-order valence-corrected chi connectivity index (χ0v) is 12.2. The Morgan fingerprint density at radius 1 is 1.47 bits per heavy atom. The zero-order valence-electron chi connectivity index (χ0n) is 9.83. The SMILES string of the molecule is Cn1nccc1NS(=O)(=O)c1cc(Br)cnc1NN.